The molecule has 0 atom stereocenters. The zero-order valence-corrected chi connectivity index (χ0v) is 15.8. The average Bonchev–Trinajstić information content (AvgIpc) is 3.22. The third-order valence-electron chi connectivity index (χ3n) is 4.65. The van der Waals surface area contributed by atoms with E-state index in [-0.39, 0.29) is 5.46 Å². The van der Waals surface area contributed by atoms with Crippen LogP contribution in [0, 0.1) is 0 Å². The Morgan fingerprint density at radius 1 is 1.07 bits per heavy atom. The van der Waals surface area contributed by atoms with Gasteiger partial charge in [0, 0.05) is 22.5 Å². The first-order valence-corrected chi connectivity index (χ1v) is 8.70. The fraction of sp³-hybridized carbons (Fsp3) is 0.105. The van der Waals surface area contributed by atoms with E-state index in [2.05, 4.69) is 15.3 Å². The van der Waals surface area contributed by atoms with Crippen LogP contribution >= 0.6 is 0 Å². The molecule has 0 saturated heterocycles. The molecule has 0 spiro atoms. The number of nitrogen functional groups attached to an aromatic ring is 1. The number of fused-ring (bicyclic) bond motifs is 1. The van der Waals surface area contributed by atoms with Gasteiger partial charge < -0.3 is 25.3 Å². The van der Waals surface area contributed by atoms with Gasteiger partial charge in [-0.15, -0.1) is 0 Å². The van der Waals surface area contributed by atoms with E-state index in [1.807, 2.05) is 18.2 Å². The van der Waals surface area contributed by atoms with Gasteiger partial charge in [0.2, 0.25) is 0 Å². The molecule has 2 aromatic carbocycles. The summed E-state index contributed by atoms with van der Waals surface area (Å²) in [5.74, 6) is 0.899. The summed E-state index contributed by atoms with van der Waals surface area (Å²) in [5, 5.41) is 32.8. The quantitative estimate of drug-likeness (QED) is 0.426. The molecule has 9 nitrogen and oxygen atoms in total. The Balaban J connectivity index is 1.98. The molecule has 4 rings (SSSR count). The van der Waals surface area contributed by atoms with E-state index >= 15 is 0 Å². The molecular weight excluding hydrogens is 373 g/mol. The molecule has 0 aliphatic rings. The molecule has 0 aliphatic heterocycles. The lowest BCUT2D eigenvalue weighted by Crippen LogP contribution is -2.31. The van der Waals surface area contributed by atoms with E-state index in [9.17, 15) is 10.0 Å². The number of aromatic nitrogens is 4. The Labute approximate surface area is 166 Å². The lowest BCUT2D eigenvalue weighted by atomic mass is 9.77. The summed E-state index contributed by atoms with van der Waals surface area (Å²) in [6.45, 7) is 0. The molecule has 0 unspecified atom stereocenters. The predicted octanol–water partition coefficient (Wildman–Crippen LogP) is 0.762. The van der Waals surface area contributed by atoms with Gasteiger partial charge in [-0.1, -0.05) is 6.07 Å². The van der Waals surface area contributed by atoms with Crippen molar-refractivity contribution in [3.8, 4) is 28.3 Å². The van der Waals surface area contributed by atoms with Crippen LogP contribution in [0.4, 0.5) is 5.69 Å². The summed E-state index contributed by atoms with van der Waals surface area (Å²) in [4.78, 5) is 0. The molecule has 10 heteroatoms. The van der Waals surface area contributed by atoms with Crippen molar-refractivity contribution in [2.75, 3.05) is 20.0 Å². The number of rotatable bonds is 5. The highest BCUT2D eigenvalue weighted by Gasteiger charge is 2.22. The van der Waals surface area contributed by atoms with Crippen LogP contribution in [0.25, 0.3) is 27.7 Å². The Kier molecular flexibility index (Phi) is 4.79. The maximum atomic E-state index is 9.81. The predicted molar refractivity (Wildman–Crippen MR) is 109 cm³/mol. The summed E-state index contributed by atoms with van der Waals surface area (Å²) >= 11 is 0. The number of anilines is 1. The van der Waals surface area contributed by atoms with E-state index in [0.717, 1.165) is 10.9 Å². The third kappa shape index (κ3) is 3.35. The summed E-state index contributed by atoms with van der Waals surface area (Å²) in [5.41, 5.74) is 9.46. The van der Waals surface area contributed by atoms with Gasteiger partial charge in [0.25, 0.3) is 0 Å². The van der Waals surface area contributed by atoms with Crippen LogP contribution in [0.2, 0.25) is 0 Å². The first-order valence-electron chi connectivity index (χ1n) is 8.70. The van der Waals surface area contributed by atoms with Crippen LogP contribution in [0.5, 0.6) is 11.5 Å². The fourth-order valence-corrected chi connectivity index (χ4v) is 3.18. The standard InChI is InChI=1S/C19H18BN5O4/c1-28-12-8-23-25(10-12)18-7-19(29-2)15(20(26)27)6-14(18)11-3-4-13-16(21)9-22-24-17(13)5-11/h3-10,26-27H,1-2H3,(H2,21,24). The minimum absolute atomic E-state index is 0.226. The van der Waals surface area contributed by atoms with Crippen molar-refractivity contribution in [3.05, 3.63) is 48.9 Å². The van der Waals surface area contributed by atoms with E-state index < -0.39 is 7.12 Å². The molecule has 146 valence electrons. The zero-order valence-electron chi connectivity index (χ0n) is 15.8. The van der Waals surface area contributed by atoms with Gasteiger partial charge in [0.1, 0.15) is 5.75 Å². The highest BCUT2D eigenvalue weighted by atomic mass is 16.5. The number of ether oxygens (including phenoxy) is 2. The van der Waals surface area contributed by atoms with Gasteiger partial charge in [0.15, 0.2) is 5.75 Å². The van der Waals surface area contributed by atoms with Crippen molar-refractivity contribution >= 4 is 29.2 Å². The van der Waals surface area contributed by atoms with Crippen molar-refractivity contribution in [1.29, 1.82) is 0 Å². The highest BCUT2D eigenvalue weighted by Crippen LogP contribution is 2.32. The van der Waals surface area contributed by atoms with E-state index in [1.165, 1.54) is 13.3 Å². The molecule has 0 radical (unpaired) electrons. The Bertz CT molecular complexity index is 1190. The lowest BCUT2D eigenvalue weighted by molar-refractivity contribution is 0.403. The normalized spacial score (nSPS) is 10.9. The second-order valence-corrected chi connectivity index (χ2v) is 6.34. The molecule has 4 aromatic rings. The smallest absolute Gasteiger partial charge is 0.492 e. The molecule has 0 saturated carbocycles. The average molecular weight is 391 g/mol. The highest BCUT2D eigenvalue weighted by molar-refractivity contribution is 6.60. The number of hydrogen-bond acceptors (Lipinski definition) is 8. The van der Waals surface area contributed by atoms with Crippen molar-refractivity contribution in [2.45, 2.75) is 0 Å². The topological polar surface area (TPSA) is 129 Å². The van der Waals surface area contributed by atoms with Gasteiger partial charge >= 0.3 is 7.12 Å². The van der Waals surface area contributed by atoms with Crippen LogP contribution in [-0.4, -0.2) is 51.4 Å². The van der Waals surface area contributed by atoms with E-state index in [0.29, 0.717) is 34.0 Å². The van der Waals surface area contributed by atoms with Gasteiger partial charge in [-0.05, 0) is 23.8 Å². The minimum Gasteiger partial charge on any atom is -0.497 e. The first kappa shape index (κ1) is 18.7. The van der Waals surface area contributed by atoms with Crippen molar-refractivity contribution in [2.24, 2.45) is 0 Å². The number of nitrogens with zero attached hydrogens (tertiary/aromatic N) is 4. The van der Waals surface area contributed by atoms with Gasteiger partial charge in [-0.2, -0.15) is 15.3 Å². The Morgan fingerprint density at radius 3 is 2.59 bits per heavy atom. The second kappa shape index (κ2) is 7.42. The van der Waals surface area contributed by atoms with Gasteiger partial charge in [0.05, 0.1) is 49.7 Å². The molecular formula is C19H18BN5O4. The molecule has 4 N–H and O–H groups in total. The SMILES string of the molecule is COc1cnn(-c2cc(OC)c(B(O)O)cc2-c2ccc3c(N)cnnc3c2)c1. The van der Waals surface area contributed by atoms with Crippen molar-refractivity contribution < 1.29 is 19.5 Å². The molecule has 0 aliphatic carbocycles. The maximum absolute atomic E-state index is 9.81. The monoisotopic (exact) mass is 391 g/mol. The maximum Gasteiger partial charge on any atom is 0.492 e. The number of benzene rings is 2. The molecule has 2 aromatic heterocycles. The second-order valence-electron chi connectivity index (χ2n) is 6.34. The van der Waals surface area contributed by atoms with Crippen molar-refractivity contribution in [3.63, 3.8) is 0 Å². The summed E-state index contributed by atoms with van der Waals surface area (Å²) in [7, 11) is 1.31. The van der Waals surface area contributed by atoms with Crippen LogP contribution in [-0.2, 0) is 0 Å². The number of methoxy groups -OCH3 is 2. The van der Waals surface area contributed by atoms with E-state index in [4.69, 9.17) is 15.2 Å². The Morgan fingerprint density at radius 2 is 1.90 bits per heavy atom. The molecule has 29 heavy (non-hydrogen) atoms. The molecule has 0 amide bonds. The summed E-state index contributed by atoms with van der Waals surface area (Å²) in [6, 6.07) is 8.89. The fourth-order valence-electron chi connectivity index (χ4n) is 3.18. The van der Waals surface area contributed by atoms with Crippen LogP contribution < -0.4 is 20.7 Å². The number of hydrogen-bond donors (Lipinski definition) is 3. The Hall–Kier alpha value is -3.63. The molecule has 0 fully saturated rings. The third-order valence-corrected chi connectivity index (χ3v) is 4.65. The van der Waals surface area contributed by atoms with Gasteiger partial charge in [-0.25, -0.2) is 4.68 Å². The molecule has 2 heterocycles. The van der Waals surface area contributed by atoms with E-state index in [1.54, 1.807) is 36.3 Å². The summed E-state index contributed by atoms with van der Waals surface area (Å²) in [6.07, 6.45) is 4.79. The van der Waals surface area contributed by atoms with Crippen LogP contribution in [0.3, 0.4) is 0 Å². The zero-order chi connectivity index (χ0) is 20.5. The van der Waals surface area contributed by atoms with Crippen LogP contribution in [0.1, 0.15) is 0 Å². The van der Waals surface area contributed by atoms with Gasteiger partial charge in [-0.3, -0.25) is 0 Å². The lowest BCUT2D eigenvalue weighted by Gasteiger charge is -2.16. The summed E-state index contributed by atoms with van der Waals surface area (Å²) < 4.78 is 12.2. The largest absolute Gasteiger partial charge is 0.497 e. The number of nitrogens with two attached hydrogens (primary N) is 1. The molecule has 0 bridgehead atoms. The van der Waals surface area contributed by atoms with Crippen molar-refractivity contribution in [1.82, 2.24) is 20.0 Å². The van der Waals surface area contributed by atoms with Crippen LogP contribution in [0.15, 0.2) is 48.9 Å². The minimum atomic E-state index is -1.71. The first-order chi connectivity index (χ1) is 14.0.